The molecule has 0 unspecified atom stereocenters. The number of carbonyl (C=O) groups excluding carboxylic acids is 3. The maximum Gasteiger partial charge on any atom is 0.375 e. The molecule has 86 valence electrons. The summed E-state index contributed by atoms with van der Waals surface area (Å²) in [4.78, 5) is 37.6. The molecule has 1 aromatic rings. The van der Waals surface area contributed by atoms with Crippen molar-refractivity contribution < 1.29 is 19.1 Å². The first-order valence-electron chi connectivity index (χ1n) is 4.70. The molecule has 0 aliphatic rings. The van der Waals surface area contributed by atoms with Crippen LogP contribution in [0.5, 0.6) is 0 Å². The lowest BCUT2D eigenvalue weighted by Crippen LogP contribution is -2.20. The summed E-state index contributed by atoms with van der Waals surface area (Å²) in [6.45, 7) is 3.47. The standard InChI is InChI=1S/C10H11NO4S/c1-3-15-10(14)9(13)4-8(12)7-5-16-6(2)11-7/h5H,3-4H2,1-2H3. The Hall–Kier alpha value is -1.56. The third-order valence-corrected chi connectivity index (χ3v) is 2.50. The zero-order valence-electron chi connectivity index (χ0n) is 8.98. The summed E-state index contributed by atoms with van der Waals surface area (Å²) >= 11 is 1.32. The van der Waals surface area contributed by atoms with Gasteiger partial charge in [0, 0.05) is 5.38 Å². The van der Waals surface area contributed by atoms with E-state index in [1.54, 1.807) is 19.2 Å². The number of carbonyl (C=O) groups is 3. The molecule has 0 aromatic carbocycles. The van der Waals surface area contributed by atoms with Gasteiger partial charge in [-0.05, 0) is 13.8 Å². The molecule has 0 N–H and O–H groups in total. The van der Waals surface area contributed by atoms with Crippen LogP contribution in [-0.4, -0.2) is 29.1 Å². The largest absolute Gasteiger partial charge is 0.460 e. The van der Waals surface area contributed by atoms with Gasteiger partial charge in [0.05, 0.1) is 18.0 Å². The number of esters is 1. The topological polar surface area (TPSA) is 73.3 Å². The maximum atomic E-state index is 11.5. The molecule has 0 aliphatic carbocycles. The smallest absolute Gasteiger partial charge is 0.375 e. The van der Waals surface area contributed by atoms with E-state index in [1.165, 1.54) is 11.3 Å². The molecule has 0 radical (unpaired) electrons. The van der Waals surface area contributed by atoms with E-state index in [0.29, 0.717) is 0 Å². The lowest BCUT2D eigenvalue weighted by Gasteiger charge is -1.98. The van der Waals surface area contributed by atoms with E-state index < -0.39 is 24.0 Å². The van der Waals surface area contributed by atoms with E-state index in [1.807, 2.05) is 0 Å². The molecule has 1 rings (SSSR count). The van der Waals surface area contributed by atoms with Crippen molar-refractivity contribution in [3.8, 4) is 0 Å². The van der Waals surface area contributed by atoms with E-state index in [4.69, 9.17) is 0 Å². The van der Waals surface area contributed by atoms with Crippen LogP contribution in [0.25, 0.3) is 0 Å². The molecular weight excluding hydrogens is 230 g/mol. The minimum absolute atomic E-state index is 0.120. The number of nitrogens with zero attached hydrogens (tertiary/aromatic N) is 1. The zero-order chi connectivity index (χ0) is 12.1. The van der Waals surface area contributed by atoms with Gasteiger partial charge in [-0.15, -0.1) is 11.3 Å². The second kappa shape index (κ2) is 5.50. The summed E-state index contributed by atoms with van der Waals surface area (Å²) in [5.74, 6) is -2.26. The molecule has 5 nitrogen and oxygen atoms in total. The van der Waals surface area contributed by atoms with E-state index in [-0.39, 0.29) is 12.3 Å². The Morgan fingerprint density at radius 1 is 1.44 bits per heavy atom. The molecule has 1 aromatic heterocycles. The second-order valence-corrected chi connectivity index (χ2v) is 4.06. The monoisotopic (exact) mass is 241 g/mol. The molecule has 0 bridgehead atoms. The van der Waals surface area contributed by atoms with E-state index >= 15 is 0 Å². The van der Waals surface area contributed by atoms with Crippen molar-refractivity contribution in [2.45, 2.75) is 20.3 Å². The summed E-state index contributed by atoms with van der Waals surface area (Å²) in [5.41, 5.74) is 0.222. The van der Waals surface area contributed by atoms with Crippen molar-refractivity contribution in [3.63, 3.8) is 0 Å². The number of aryl methyl sites for hydroxylation is 1. The third-order valence-electron chi connectivity index (χ3n) is 1.73. The molecule has 0 saturated heterocycles. The first kappa shape index (κ1) is 12.5. The highest BCUT2D eigenvalue weighted by molar-refractivity contribution is 7.09. The summed E-state index contributed by atoms with van der Waals surface area (Å²) in [6.07, 6.45) is -0.484. The van der Waals surface area contributed by atoms with Crippen LogP contribution in [0.2, 0.25) is 0 Å². The molecule has 1 heterocycles. The normalized spacial score (nSPS) is 9.88. The Labute approximate surface area is 96.4 Å². The molecule has 6 heteroatoms. The van der Waals surface area contributed by atoms with Gasteiger partial charge in [-0.1, -0.05) is 0 Å². The Morgan fingerprint density at radius 2 is 2.12 bits per heavy atom. The molecule has 16 heavy (non-hydrogen) atoms. The molecule has 0 aliphatic heterocycles. The van der Waals surface area contributed by atoms with Crippen molar-refractivity contribution in [1.29, 1.82) is 0 Å². The highest BCUT2D eigenvalue weighted by atomic mass is 32.1. The Bertz CT molecular complexity index is 424. The first-order valence-corrected chi connectivity index (χ1v) is 5.57. The first-order chi connectivity index (χ1) is 7.54. The number of hydrogen-bond acceptors (Lipinski definition) is 6. The van der Waals surface area contributed by atoms with Gasteiger partial charge in [0.25, 0.3) is 0 Å². The highest BCUT2D eigenvalue weighted by Crippen LogP contribution is 2.10. The van der Waals surface area contributed by atoms with Gasteiger partial charge < -0.3 is 4.74 Å². The van der Waals surface area contributed by atoms with Crippen LogP contribution in [0.15, 0.2) is 5.38 Å². The van der Waals surface area contributed by atoms with Crippen LogP contribution in [0.3, 0.4) is 0 Å². The van der Waals surface area contributed by atoms with Gasteiger partial charge in [0.15, 0.2) is 5.78 Å². The minimum Gasteiger partial charge on any atom is -0.460 e. The van der Waals surface area contributed by atoms with Crippen molar-refractivity contribution >= 4 is 28.9 Å². The van der Waals surface area contributed by atoms with Crippen LogP contribution in [0.4, 0.5) is 0 Å². The minimum atomic E-state index is -0.970. The van der Waals surface area contributed by atoms with E-state index in [0.717, 1.165) is 5.01 Å². The fourth-order valence-corrected chi connectivity index (χ4v) is 1.63. The average molecular weight is 241 g/mol. The summed E-state index contributed by atoms with van der Waals surface area (Å²) in [7, 11) is 0. The summed E-state index contributed by atoms with van der Waals surface area (Å²) < 4.78 is 4.49. The number of rotatable bonds is 5. The number of hydrogen-bond donors (Lipinski definition) is 0. The maximum absolute atomic E-state index is 11.5. The van der Waals surface area contributed by atoms with Gasteiger partial charge in [-0.3, -0.25) is 9.59 Å². The lowest BCUT2D eigenvalue weighted by atomic mass is 10.1. The van der Waals surface area contributed by atoms with Crippen LogP contribution < -0.4 is 0 Å². The fourth-order valence-electron chi connectivity index (χ4n) is 1.01. The molecule has 0 amide bonds. The molecular formula is C10H11NO4S. The van der Waals surface area contributed by atoms with E-state index in [2.05, 4.69) is 9.72 Å². The van der Waals surface area contributed by atoms with Crippen LogP contribution >= 0.6 is 11.3 Å². The number of ether oxygens (including phenoxy) is 1. The predicted molar refractivity (Wildman–Crippen MR) is 57.4 cm³/mol. The molecule has 0 spiro atoms. The fraction of sp³-hybridized carbons (Fsp3) is 0.400. The van der Waals surface area contributed by atoms with Gasteiger partial charge in [-0.2, -0.15) is 0 Å². The Morgan fingerprint density at radius 3 is 2.62 bits per heavy atom. The van der Waals surface area contributed by atoms with Gasteiger partial charge >= 0.3 is 5.97 Å². The second-order valence-electron chi connectivity index (χ2n) is 3.00. The number of ketones is 2. The number of aromatic nitrogens is 1. The van der Waals surface area contributed by atoms with Crippen molar-refractivity contribution in [2.24, 2.45) is 0 Å². The average Bonchev–Trinajstić information content (AvgIpc) is 2.65. The van der Waals surface area contributed by atoms with Crippen LogP contribution in [-0.2, 0) is 14.3 Å². The molecule has 0 fully saturated rings. The van der Waals surface area contributed by atoms with Gasteiger partial charge in [-0.25, -0.2) is 9.78 Å². The van der Waals surface area contributed by atoms with Crippen LogP contribution in [0, 0.1) is 6.92 Å². The summed E-state index contributed by atoms with van der Waals surface area (Å²) in [5, 5.41) is 2.31. The molecule has 0 saturated carbocycles. The highest BCUT2D eigenvalue weighted by Gasteiger charge is 2.21. The van der Waals surface area contributed by atoms with Gasteiger partial charge in [0.1, 0.15) is 5.69 Å². The van der Waals surface area contributed by atoms with Crippen LogP contribution in [0.1, 0.15) is 28.8 Å². The zero-order valence-corrected chi connectivity index (χ0v) is 9.80. The van der Waals surface area contributed by atoms with Gasteiger partial charge in [0.2, 0.25) is 5.78 Å². The summed E-state index contributed by atoms with van der Waals surface area (Å²) in [6, 6.07) is 0. The SMILES string of the molecule is CCOC(=O)C(=O)CC(=O)c1csc(C)n1. The lowest BCUT2D eigenvalue weighted by molar-refractivity contribution is -0.153. The van der Waals surface area contributed by atoms with Crippen molar-refractivity contribution in [2.75, 3.05) is 6.61 Å². The number of thiazole rings is 1. The Balaban J connectivity index is 2.58. The van der Waals surface area contributed by atoms with E-state index in [9.17, 15) is 14.4 Å². The Kier molecular flexibility index (Phi) is 4.30. The van der Waals surface area contributed by atoms with Crippen molar-refractivity contribution in [1.82, 2.24) is 4.98 Å². The molecule has 0 atom stereocenters. The third kappa shape index (κ3) is 3.23. The number of Topliss-reactive ketones (excluding diaryl/α,β-unsaturated/α-hetero) is 2. The predicted octanol–water partition coefficient (Wildman–Crippen LogP) is 1.16. The quantitative estimate of drug-likeness (QED) is 0.335. The van der Waals surface area contributed by atoms with Crippen molar-refractivity contribution in [3.05, 3.63) is 16.1 Å².